The number of ether oxygens (including phenoxy) is 2. The summed E-state index contributed by atoms with van der Waals surface area (Å²) >= 11 is 0. The number of piperidine rings is 1. The molecule has 12 heteroatoms. The minimum Gasteiger partial charge on any atom is -0.508 e. The fourth-order valence-corrected chi connectivity index (χ4v) is 8.68. The molecule has 0 amide bonds. The summed E-state index contributed by atoms with van der Waals surface area (Å²) in [4.78, 5) is 19.0. The first-order valence-electron chi connectivity index (χ1n) is 17.8. The molecule has 3 aliphatic heterocycles. The largest absolute Gasteiger partial charge is 0.508 e. The third-order valence-corrected chi connectivity index (χ3v) is 11.8. The summed E-state index contributed by atoms with van der Waals surface area (Å²) in [5.74, 6) is 0.834. The van der Waals surface area contributed by atoms with Crippen LogP contribution in [0.5, 0.6) is 17.6 Å². The molecule has 10 nitrogen and oxygen atoms in total. The van der Waals surface area contributed by atoms with Crippen molar-refractivity contribution in [2.45, 2.75) is 64.1 Å². The van der Waals surface area contributed by atoms with Crippen LogP contribution in [0.25, 0.3) is 32.9 Å². The smallest absolute Gasteiger partial charge is 0.319 e. The van der Waals surface area contributed by atoms with Crippen LogP contribution in [0.15, 0.2) is 24.3 Å². The number of aryl methyl sites for hydroxylation is 1. The average molecular weight is 673 g/mol. The van der Waals surface area contributed by atoms with Gasteiger partial charge >= 0.3 is 6.01 Å². The van der Waals surface area contributed by atoms with Crippen molar-refractivity contribution in [2.75, 3.05) is 50.9 Å². The lowest BCUT2D eigenvalue weighted by molar-refractivity contribution is 0.0966. The van der Waals surface area contributed by atoms with Crippen LogP contribution in [0, 0.1) is 28.9 Å². The van der Waals surface area contributed by atoms with E-state index in [0.717, 1.165) is 32.4 Å². The zero-order valence-corrected chi connectivity index (χ0v) is 27.9. The van der Waals surface area contributed by atoms with Gasteiger partial charge in [-0.1, -0.05) is 19.9 Å². The van der Waals surface area contributed by atoms with Crippen molar-refractivity contribution in [2.24, 2.45) is 17.3 Å². The van der Waals surface area contributed by atoms with Gasteiger partial charge in [0.2, 0.25) is 5.88 Å². The standard InChI is InChI=1S/C37H42F2N6O4/c1-3-21-14-45-22(12-40-21)16-48-35-30-33(31(39)32(41-35)26-11-23(47)9-19-5-6-27(38)24(4-2)29(19)26)42-36(43-34(30)45)49-18-37(7-8-37)17-44-13-20-10-25(20)28(44)15-46/h5-6,9,11,20-22,25,28,40,46-47H,3-4,7-8,10,12-18H2,1-2H3/t20-,21?,22+,25-,28+/m1/s1. The Hall–Kier alpha value is -3.87. The van der Waals surface area contributed by atoms with E-state index in [1.807, 2.05) is 6.92 Å². The van der Waals surface area contributed by atoms with Gasteiger partial charge in [0.1, 0.15) is 40.6 Å². The molecule has 258 valence electrons. The third kappa shape index (κ3) is 5.17. The number of benzene rings is 2. The van der Waals surface area contributed by atoms with Crippen LogP contribution < -0.4 is 19.7 Å². The number of halogens is 2. The number of nitrogens with one attached hydrogen (secondary N) is 1. The fraction of sp³-hybridized carbons (Fsp3) is 0.541. The van der Waals surface area contributed by atoms with Crippen molar-refractivity contribution in [3.63, 3.8) is 0 Å². The summed E-state index contributed by atoms with van der Waals surface area (Å²) in [5.41, 5.74) is 0.559. The molecule has 2 aromatic heterocycles. The SMILES string of the molecule is CCc1c(F)ccc2cc(O)cc(-c3nc4c5c(nc(OCC6(CN7C[C@H]8C[C@H]8[C@@H]7CO)CC6)nc5c3F)N3CC(CC)NC[C@H]3CO4)c12. The van der Waals surface area contributed by atoms with Gasteiger partial charge in [-0.05, 0) is 78.5 Å². The second-order valence-corrected chi connectivity index (χ2v) is 14.9. The number of aromatic hydroxyl groups is 1. The van der Waals surface area contributed by atoms with Crippen LogP contribution in [0.1, 0.15) is 45.1 Å². The van der Waals surface area contributed by atoms with Crippen molar-refractivity contribution >= 4 is 27.5 Å². The minimum absolute atomic E-state index is 0.0167. The number of pyridine rings is 1. The summed E-state index contributed by atoms with van der Waals surface area (Å²) in [6, 6.07) is 6.37. The zero-order chi connectivity index (χ0) is 33.6. The highest BCUT2D eigenvalue weighted by atomic mass is 19.1. The van der Waals surface area contributed by atoms with E-state index in [1.165, 1.54) is 18.6 Å². The number of aliphatic hydroxyl groups is 1. The number of piperazine rings is 1. The number of phenolic OH excluding ortho intramolecular Hbond substituents is 1. The number of phenols is 1. The lowest BCUT2D eigenvalue weighted by Crippen LogP contribution is -2.58. The van der Waals surface area contributed by atoms with Gasteiger partial charge in [-0.25, -0.2) is 13.8 Å². The number of hydrogen-bond acceptors (Lipinski definition) is 10. The summed E-state index contributed by atoms with van der Waals surface area (Å²) in [7, 11) is 0. The van der Waals surface area contributed by atoms with Crippen molar-refractivity contribution in [3.05, 3.63) is 41.5 Å². The Labute approximate surface area is 283 Å². The molecule has 4 aromatic rings. The number of hydrogen-bond donors (Lipinski definition) is 3. The molecule has 5 aliphatic rings. The molecule has 0 spiro atoms. The highest BCUT2D eigenvalue weighted by Gasteiger charge is 2.55. The lowest BCUT2D eigenvalue weighted by atomic mass is 9.94. The van der Waals surface area contributed by atoms with E-state index < -0.39 is 11.6 Å². The normalized spacial score (nSPS) is 26.7. The van der Waals surface area contributed by atoms with Gasteiger partial charge in [0.25, 0.3) is 0 Å². The molecular formula is C37H42F2N6O4. The predicted molar refractivity (Wildman–Crippen MR) is 181 cm³/mol. The molecule has 5 heterocycles. The van der Waals surface area contributed by atoms with Gasteiger partial charge in [-0.15, -0.1) is 0 Å². The van der Waals surface area contributed by atoms with E-state index >= 15 is 8.78 Å². The van der Waals surface area contributed by atoms with E-state index in [-0.39, 0.29) is 64.6 Å². The van der Waals surface area contributed by atoms with Gasteiger partial charge in [0, 0.05) is 49.2 Å². The molecular weight excluding hydrogens is 630 g/mol. The molecule has 2 aliphatic carbocycles. The summed E-state index contributed by atoms with van der Waals surface area (Å²) in [5, 5.41) is 25.8. The molecule has 49 heavy (non-hydrogen) atoms. The number of anilines is 1. The van der Waals surface area contributed by atoms with Crippen LogP contribution in [-0.2, 0) is 6.42 Å². The van der Waals surface area contributed by atoms with Crippen LogP contribution in [-0.4, -0.2) is 94.2 Å². The molecule has 3 N–H and O–H groups in total. The Morgan fingerprint density at radius 3 is 2.73 bits per heavy atom. The molecule has 4 fully saturated rings. The van der Waals surface area contributed by atoms with Crippen molar-refractivity contribution in [1.29, 1.82) is 0 Å². The molecule has 2 saturated carbocycles. The number of rotatable bonds is 9. The zero-order valence-electron chi connectivity index (χ0n) is 27.9. The Balaban J connectivity index is 1.16. The summed E-state index contributed by atoms with van der Waals surface area (Å²) < 4.78 is 45.0. The fourth-order valence-electron chi connectivity index (χ4n) is 8.68. The van der Waals surface area contributed by atoms with Gasteiger partial charge in [-0.3, -0.25) is 4.90 Å². The van der Waals surface area contributed by atoms with E-state index in [1.54, 1.807) is 12.1 Å². The minimum atomic E-state index is -0.710. The van der Waals surface area contributed by atoms with E-state index in [4.69, 9.17) is 24.4 Å². The van der Waals surface area contributed by atoms with Crippen LogP contribution in [0.4, 0.5) is 14.6 Å². The number of aromatic nitrogens is 3. The van der Waals surface area contributed by atoms with Crippen molar-refractivity contribution < 1.29 is 28.5 Å². The first-order valence-corrected chi connectivity index (χ1v) is 17.8. The van der Waals surface area contributed by atoms with E-state index in [0.29, 0.717) is 72.1 Å². The number of fused-ring (bicyclic) bond motifs is 4. The first-order chi connectivity index (χ1) is 23.8. The molecule has 2 aromatic carbocycles. The Kier molecular flexibility index (Phi) is 7.37. The van der Waals surface area contributed by atoms with Crippen LogP contribution >= 0.6 is 0 Å². The quantitative estimate of drug-likeness (QED) is 0.229. The molecule has 5 atom stereocenters. The summed E-state index contributed by atoms with van der Waals surface area (Å²) in [6.07, 6.45) is 4.52. The summed E-state index contributed by atoms with van der Waals surface area (Å²) in [6.45, 7) is 8.03. The second kappa shape index (κ2) is 11.6. The van der Waals surface area contributed by atoms with Crippen LogP contribution in [0.2, 0.25) is 0 Å². The molecule has 9 rings (SSSR count). The Morgan fingerprint density at radius 2 is 1.96 bits per heavy atom. The number of nitrogens with zero attached hydrogens (tertiary/aromatic N) is 5. The first kappa shape index (κ1) is 31.1. The molecule has 0 radical (unpaired) electrons. The predicted octanol–water partition coefficient (Wildman–Crippen LogP) is 4.81. The van der Waals surface area contributed by atoms with Gasteiger partial charge < -0.3 is 29.9 Å². The highest BCUT2D eigenvalue weighted by Crippen LogP contribution is 2.54. The average Bonchev–Trinajstić information content (AvgIpc) is 4.03. The topological polar surface area (TPSA) is 116 Å². The van der Waals surface area contributed by atoms with Crippen molar-refractivity contribution in [3.8, 4) is 28.9 Å². The number of aliphatic hydroxyl groups excluding tert-OH is 1. The van der Waals surface area contributed by atoms with E-state index in [9.17, 15) is 10.2 Å². The van der Waals surface area contributed by atoms with E-state index in [2.05, 4.69) is 22.0 Å². The van der Waals surface area contributed by atoms with Crippen molar-refractivity contribution in [1.82, 2.24) is 25.2 Å². The monoisotopic (exact) mass is 672 g/mol. The highest BCUT2D eigenvalue weighted by molar-refractivity contribution is 6.03. The molecule has 2 saturated heterocycles. The maximum atomic E-state index is 17.1. The van der Waals surface area contributed by atoms with Gasteiger partial charge in [0.05, 0.1) is 19.3 Å². The molecule has 0 bridgehead atoms. The maximum Gasteiger partial charge on any atom is 0.319 e. The van der Waals surface area contributed by atoms with Gasteiger partial charge in [0.15, 0.2) is 5.82 Å². The molecule has 1 unspecified atom stereocenters. The Bertz CT molecular complexity index is 1970. The van der Waals surface area contributed by atoms with Crippen LogP contribution in [0.3, 0.4) is 0 Å². The maximum absolute atomic E-state index is 17.1. The lowest BCUT2D eigenvalue weighted by Gasteiger charge is -2.39. The third-order valence-electron chi connectivity index (χ3n) is 11.8. The second-order valence-electron chi connectivity index (χ2n) is 14.9. The Morgan fingerprint density at radius 1 is 1.10 bits per heavy atom. The number of likely N-dealkylation sites (tertiary alicyclic amines) is 1. The van der Waals surface area contributed by atoms with Gasteiger partial charge in [-0.2, -0.15) is 9.97 Å².